The highest BCUT2D eigenvalue weighted by molar-refractivity contribution is 8.26. The SMILES string of the molecule is CNCC[C@@H](O)[C@@H]1Cc2ccccc2N(c2ccccc2)S1(O)O. The smallest absolute Gasteiger partial charge is 0.0992 e. The van der Waals surface area contributed by atoms with E-state index in [1.165, 1.54) is 0 Å². The van der Waals surface area contributed by atoms with E-state index < -0.39 is 22.1 Å². The monoisotopic (exact) mass is 348 g/mol. The van der Waals surface area contributed by atoms with Crippen molar-refractivity contribution in [2.24, 2.45) is 0 Å². The maximum Gasteiger partial charge on any atom is 0.0992 e. The molecular weight excluding hydrogens is 324 g/mol. The normalized spacial score (nSPS) is 21.8. The van der Waals surface area contributed by atoms with Gasteiger partial charge in [-0.2, -0.15) is 0 Å². The van der Waals surface area contributed by atoms with Crippen LogP contribution in [0.3, 0.4) is 0 Å². The molecule has 1 aliphatic heterocycles. The third-order valence-corrected chi connectivity index (χ3v) is 6.65. The van der Waals surface area contributed by atoms with Gasteiger partial charge in [0, 0.05) is 0 Å². The molecule has 0 amide bonds. The van der Waals surface area contributed by atoms with Crippen molar-refractivity contribution < 1.29 is 14.2 Å². The summed E-state index contributed by atoms with van der Waals surface area (Å²) in [5.41, 5.74) is 2.53. The van der Waals surface area contributed by atoms with E-state index in [2.05, 4.69) is 5.32 Å². The van der Waals surface area contributed by atoms with Crippen molar-refractivity contribution in [2.75, 3.05) is 17.9 Å². The second-order valence-corrected chi connectivity index (χ2v) is 8.11. The largest absolute Gasteiger partial charge is 0.391 e. The van der Waals surface area contributed by atoms with E-state index in [0.29, 0.717) is 19.4 Å². The average molecular weight is 348 g/mol. The van der Waals surface area contributed by atoms with E-state index in [1.54, 1.807) is 4.31 Å². The molecule has 0 aromatic heterocycles. The van der Waals surface area contributed by atoms with Crippen molar-refractivity contribution in [1.82, 2.24) is 5.32 Å². The van der Waals surface area contributed by atoms with Crippen LogP contribution in [0, 0.1) is 0 Å². The van der Waals surface area contributed by atoms with E-state index in [9.17, 15) is 14.2 Å². The van der Waals surface area contributed by atoms with Crippen molar-refractivity contribution in [2.45, 2.75) is 24.2 Å². The summed E-state index contributed by atoms with van der Waals surface area (Å²) < 4.78 is 23.7. The maximum atomic E-state index is 11.0. The van der Waals surface area contributed by atoms with E-state index in [-0.39, 0.29) is 0 Å². The number of benzene rings is 2. The summed E-state index contributed by atoms with van der Waals surface area (Å²) >= 11 is 0. The fourth-order valence-electron chi connectivity index (χ4n) is 3.17. The van der Waals surface area contributed by atoms with Crippen molar-refractivity contribution in [3.63, 3.8) is 0 Å². The molecule has 3 rings (SSSR count). The Balaban J connectivity index is 2.05. The van der Waals surface area contributed by atoms with Crippen LogP contribution in [-0.2, 0) is 6.42 Å². The topological polar surface area (TPSA) is 76.0 Å². The second kappa shape index (κ2) is 7.13. The first-order valence-corrected chi connectivity index (χ1v) is 9.65. The molecule has 1 heterocycles. The van der Waals surface area contributed by atoms with Gasteiger partial charge >= 0.3 is 0 Å². The Labute approximate surface area is 144 Å². The fraction of sp³-hybridized carbons (Fsp3) is 0.333. The van der Waals surface area contributed by atoms with Gasteiger partial charge < -0.3 is 10.4 Å². The van der Waals surface area contributed by atoms with Crippen LogP contribution in [0.5, 0.6) is 0 Å². The number of nitrogens with zero attached hydrogens (tertiary/aromatic N) is 1. The molecule has 2 atom stereocenters. The van der Waals surface area contributed by atoms with Crippen LogP contribution in [-0.4, -0.2) is 39.2 Å². The summed E-state index contributed by atoms with van der Waals surface area (Å²) in [5, 5.41) is 12.9. The summed E-state index contributed by atoms with van der Waals surface area (Å²) in [7, 11) is -1.39. The highest BCUT2D eigenvalue weighted by Crippen LogP contribution is 2.60. The standard InChI is InChI=1S/C18H24N2O3S/c1-19-12-11-17(21)18-13-14-7-5-6-10-16(14)20(24(18,22)23)15-8-3-2-4-9-15/h2-10,17-19,21-23H,11-13H2,1H3/t17-,18+/m1/s1. The highest BCUT2D eigenvalue weighted by atomic mass is 32.3. The minimum Gasteiger partial charge on any atom is -0.391 e. The van der Waals surface area contributed by atoms with Crippen molar-refractivity contribution >= 4 is 22.2 Å². The van der Waals surface area contributed by atoms with Crippen LogP contribution >= 0.6 is 10.8 Å². The average Bonchev–Trinajstić information content (AvgIpc) is 2.59. The Morgan fingerprint density at radius 2 is 1.79 bits per heavy atom. The highest BCUT2D eigenvalue weighted by Gasteiger charge is 2.42. The lowest BCUT2D eigenvalue weighted by atomic mass is 10.0. The van der Waals surface area contributed by atoms with E-state index >= 15 is 0 Å². The number of anilines is 2. The fourth-order valence-corrected chi connectivity index (χ4v) is 5.30. The number of fused-ring (bicyclic) bond motifs is 1. The molecule has 0 unspecified atom stereocenters. The van der Waals surface area contributed by atoms with Crippen LogP contribution < -0.4 is 9.62 Å². The first-order valence-electron chi connectivity index (χ1n) is 8.08. The van der Waals surface area contributed by atoms with E-state index in [4.69, 9.17) is 0 Å². The molecule has 24 heavy (non-hydrogen) atoms. The number of nitrogens with one attached hydrogen (secondary N) is 1. The molecule has 0 spiro atoms. The molecule has 0 saturated heterocycles. The van der Waals surface area contributed by atoms with Crippen LogP contribution in [0.25, 0.3) is 0 Å². The Kier molecular flexibility index (Phi) is 5.12. The molecule has 2 aromatic carbocycles. The summed E-state index contributed by atoms with van der Waals surface area (Å²) in [6.45, 7) is 0.625. The van der Waals surface area contributed by atoms with E-state index in [0.717, 1.165) is 16.9 Å². The molecule has 5 nitrogen and oxygen atoms in total. The predicted molar refractivity (Wildman–Crippen MR) is 99.9 cm³/mol. The molecule has 0 radical (unpaired) electrons. The van der Waals surface area contributed by atoms with Crippen molar-refractivity contribution in [1.29, 1.82) is 0 Å². The number of aliphatic hydroxyl groups excluding tert-OH is 1. The van der Waals surface area contributed by atoms with Gasteiger partial charge in [-0.1, -0.05) is 36.4 Å². The molecule has 6 heteroatoms. The van der Waals surface area contributed by atoms with Gasteiger partial charge in [0.1, 0.15) is 0 Å². The van der Waals surface area contributed by atoms with Crippen LogP contribution in [0.2, 0.25) is 0 Å². The molecule has 0 bridgehead atoms. The Bertz CT molecular complexity index is 681. The van der Waals surface area contributed by atoms with Gasteiger partial charge in [0.25, 0.3) is 0 Å². The zero-order chi connectivity index (χ0) is 17.2. The lowest BCUT2D eigenvalue weighted by Crippen LogP contribution is -2.44. The lowest BCUT2D eigenvalue weighted by Gasteiger charge is -2.54. The van der Waals surface area contributed by atoms with Gasteiger partial charge in [-0.05, 0) is 50.2 Å². The summed E-state index contributed by atoms with van der Waals surface area (Å²) in [6.07, 6.45) is 0.135. The van der Waals surface area contributed by atoms with Crippen LogP contribution in [0.15, 0.2) is 54.6 Å². The zero-order valence-corrected chi connectivity index (χ0v) is 14.5. The molecular formula is C18H24N2O3S. The Morgan fingerprint density at radius 1 is 1.12 bits per heavy atom. The molecule has 1 aliphatic rings. The van der Waals surface area contributed by atoms with Crippen LogP contribution in [0.4, 0.5) is 11.4 Å². The first-order chi connectivity index (χ1) is 11.6. The summed E-state index contributed by atoms with van der Waals surface area (Å²) in [4.78, 5) is 0. The minimum absolute atomic E-state index is 0.451. The Hall–Kier alpha value is -1.57. The molecule has 4 N–H and O–H groups in total. The molecule has 0 aliphatic carbocycles. The molecule has 130 valence electrons. The number of hydrogen-bond acceptors (Lipinski definition) is 5. The summed E-state index contributed by atoms with van der Waals surface area (Å²) in [6, 6.07) is 17.1. The number of aliphatic hydroxyl groups is 1. The van der Waals surface area contributed by atoms with Gasteiger partial charge in [0.2, 0.25) is 0 Å². The molecule has 0 fully saturated rings. The minimum atomic E-state index is -3.20. The number of rotatable bonds is 5. The number of hydrogen-bond donors (Lipinski definition) is 4. The predicted octanol–water partition coefficient (Wildman–Crippen LogP) is 3.39. The third kappa shape index (κ3) is 3.16. The quantitative estimate of drug-likeness (QED) is 0.666. The summed E-state index contributed by atoms with van der Waals surface area (Å²) in [5.74, 6) is 0. The third-order valence-electron chi connectivity index (χ3n) is 4.42. The zero-order valence-electron chi connectivity index (χ0n) is 13.7. The molecule has 2 aromatic rings. The molecule has 0 saturated carbocycles. The van der Waals surface area contributed by atoms with Gasteiger partial charge in [0.15, 0.2) is 0 Å². The van der Waals surface area contributed by atoms with Gasteiger partial charge in [-0.15, -0.1) is 10.8 Å². The second-order valence-electron chi connectivity index (χ2n) is 6.02. The van der Waals surface area contributed by atoms with Crippen LogP contribution in [0.1, 0.15) is 12.0 Å². The van der Waals surface area contributed by atoms with Gasteiger partial charge in [-0.25, -0.2) is 4.31 Å². The van der Waals surface area contributed by atoms with Crippen molar-refractivity contribution in [3.05, 3.63) is 60.2 Å². The number of para-hydroxylation sites is 2. The lowest BCUT2D eigenvalue weighted by molar-refractivity contribution is 0.153. The Morgan fingerprint density at radius 3 is 2.50 bits per heavy atom. The van der Waals surface area contributed by atoms with Gasteiger partial charge in [-0.3, -0.25) is 9.11 Å². The van der Waals surface area contributed by atoms with Crippen molar-refractivity contribution in [3.8, 4) is 0 Å². The maximum absolute atomic E-state index is 11.0. The van der Waals surface area contributed by atoms with E-state index in [1.807, 2.05) is 61.6 Å². The first kappa shape index (κ1) is 17.3. The van der Waals surface area contributed by atoms with Gasteiger partial charge in [0.05, 0.1) is 22.7 Å².